The molecule has 3 rings (SSSR count). The largest absolute Gasteiger partial charge is 0.366 e. The summed E-state index contributed by atoms with van der Waals surface area (Å²) in [7, 11) is 1.95. The summed E-state index contributed by atoms with van der Waals surface area (Å²) in [6.07, 6.45) is 6.56. The van der Waals surface area contributed by atoms with Crippen LogP contribution in [-0.2, 0) is 11.2 Å². The monoisotopic (exact) mass is 421 g/mol. The van der Waals surface area contributed by atoms with Gasteiger partial charge >= 0.3 is 0 Å². The minimum Gasteiger partial charge on any atom is -0.366 e. The topological polar surface area (TPSA) is 121 Å². The summed E-state index contributed by atoms with van der Waals surface area (Å²) >= 11 is 0. The van der Waals surface area contributed by atoms with E-state index in [1.54, 1.807) is 17.6 Å². The Bertz CT molecular complexity index is 1070. The highest BCUT2D eigenvalue weighted by Crippen LogP contribution is 2.29. The number of amides is 2. The summed E-state index contributed by atoms with van der Waals surface area (Å²) < 4.78 is 0. The Morgan fingerprint density at radius 1 is 1.06 bits per heavy atom. The fourth-order valence-electron chi connectivity index (χ4n) is 3.53. The van der Waals surface area contributed by atoms with Crippen LogP contribution in [0.15, 0.2) is 48.8 Å². The van der Waals surface area contributed by atoms with Crippen LogP contribution >= 0.6 is 0 Å². The van der Waals surface area contributed by atoms with Crippen LogP contribution < -0.4 is 16.1 Å². The van der Waals surface area contributed by atoms with Gasteiger partial charge in [0, 0.05) is 30.1 Å². The predicted molar refractivity (Wildman–Crippen MR) is 119 cm³/mol. The molecule has 0 aliphatic carbocycles. The van der Waals surface area contributed by atoms with Gasteiger partial charge in [0.1, 0.15) is 12.1 Å². The molecule has 8 heteroatoms. The van der Waals surface area contributed by atoms with Crippen molar-refractivity contribution in [2.45, 2.75) is 38.5 Å². The number of nitrogens with zero attached hydrogens (tertiary/aromatic N) is 3. The summed E-state index contributed by atoms with van der Waals surface area (Å²) in [5, 5.41) is 9.34. The number of benzene rings is 2. The zero-order valence-electron chi connectivity index (χ0n) is 17.5. The van der Waals surface area contributed by atoms with Gasteiger partial charge in [0.15, 0.2) is 0 Å². The van der Waals surface area contributed by atoms with Gasteiger partial charge in [-0.2, -0.15) is 0 Å². The van der Waals surface area contributed by atoms with Gasteiger partial charge in [-0.15, -0.1) is 0 Å². The molecule has 162 valence electrons. The number of nitrogens with two attached hydrogens (primary N) is 1. The lowest BCUT2D eigenvalue weighted by molar-refractivity contribution is -0.129. The molecular weight excluding hydrogens is 394 g/mol. The zero-order valence-corrected chi connectivity index (χ0v) is 17.5. The molecule has 0 bridgehead atoms. The number of nitrogens with one attached hydrogen (secondary N) is 1. The van der Waals surface area contributed by atoms with Crippen molar-refractivity contribution >= 4 is 34.2 Å². The molecule has 0 aliphatic heterocycles. The minimum atomic E-state index is -0.486. The molecule has 0 unspecified atom stereocenters. The number of rotatable bonds is 10. The highest BCUT2D eigenvalue weighted by atomic mass is 16.5. The number of carbonyl (C=O) groups excluding carboxylic acids is 2. The molecule has 2 aromatic carbocycles. The van der Waals surface area contributed by atoms with Crippen LogP contribution in [0.5, 0.6) is 0 Å². The van der Waals surface area contributed by atoms with E-state index in [0.29, 0.717) is 17.5 Å². The molecule has 0 saturated heterocycles. The van der Waals surface area contributed by atoms with Crippen LogP contribution in [0.25, 0.3) is 10.9 Å². The number of primary amides is 1. The number of aryl methyl sites for hydroxylation is 1. The van der Waals surface area contributed by atoms with Gasteiger partial charge in [-0.3, -0.25) is 14.8 Å². The SMILES string of the molecule is CN(c1cccc(CCCCCCC(=O)NO)c1)c1ncnc2cc(C(N)=O)ccc12. The normalized spacial score (nSPS) is 10.8. The number of unbranched alkanes of at least 4 members (excludes halogenated alkanes) is 3. The molecule has 31 heavy (non-hydrogen) atoms. The predicted octanol–water partition coefficient (Wildman–Crippen LogP) is 3.50. The molecule has 0 aliphatic rings. The Balaban J connectivity index is 1.67. The van der Waals surface area contributed by atoms with E-state index in [-0.39, 0.29) is 5.91 Å². The molecule has 0 spiro atoms. The van der Waals surface area contributed by atoms with Crippen molar-refractivity contribution in [2.75, 3.05) is 11.9 Å². The van der Waals surface area contributed by atoms with Gasteiger partial charge in [-0.25, -0.2) is 15.4 Å². The molecule has 1 heterocycles. The smallest absolute Gasteiger partial charge is 0.248 e. The van der Waals surface area contributed by atoms with E-state index in [4.69, 9.17) is 10.9 Å². The van der Waals surface area contributed by atoms with Gasteiger partial charge in [-0.1, -0.05) is 25.0 Å². The van der Waals surface area contributed by atoms with Crippen LogP contribution in [0.2, 0.25) is 0 Å². The lowest BCUT2D eigenvalue weighted by Crippen LogP contribution is -2.17. The highest BCUT2D eigenvalue weighted by molar-refractivity contribution is 5.99. The van der Waals surface area contributed by atoms with E-state index in [2.05, 4.69) is 22.1 Å². The molecule has 4 N–H and O–H groups in total. The molecule has 0 saturated carbocycles. The fraction of sp³-hybridized carbons (Fsp3) is 0.304. The fourth-order valence-corrected chi connectivity index (χ4v) is 3.53. The number of aromatic nitrogens is 2. The second kappa shape index (κ2) is 10.5. The van der Waals surface area contributed by atoms with Crippen molar-refractivity contribution in [3.63, 3.8) is 0 Å². The van der Waals surface area contributed by atoms with E-state index < -0.39 is 5.91 Å². The molecule has 8 nitrogen and oxygen atoms in total. The second-order valence-corrected chi connectivity index (χ2v) is 7.47. The first kappa shape index (κ1) is 22.2. The number of hydrogen-bond acceptors (Lipinski definition) is 6. The van der Waals surface area contributed by atoms with Gasteiger partial charge in [0.2, 0.25) is 11.8 Å². The lowest BCUT2D eigenvalue weighted by atomic mass is 10.0. The summed E-state index contributed by atoms with van der Waals surface area (Å²) in [6.45, 7) is 0. The number of hydroxylamine groups is 1. The number of hydrogen-bond donors (Lipinski definition) is 3. The number of anilines is 2. The van der Waals surface area contributed by atoms with Crippen LogP contribution in [0, 0.1) is 0 Å². The third-order valence-electron chi connectivity index (χ3n) is 5.26. The average Bonchev–Trinajstić information content (AvgIpc) is 2.80. The summed E-state index contributed by atoms with van der Waals surface area (Å²) in [6, 6.07) is 13.5. The standard InChI is InChI=1S/C23H27N5O3/c1-28(23-19-12-11-17(22(24)30)14-20(19)25-15-26-23)18-9-6-8-16(13-18)7-4-2-3-5-10-21(29)27-31/h6,8-9,11-15,31H,2-5,7,10H2,1H3,(H2,24,30)(H,27,29). The Labute approximate surface area is 181 Å². The third-order valence-corrected chi connectivity index (χ3v) is 5.26. The first-order valence-electron chi connectivity index (χ1n) is 10.3. The average molecular weight is 422 g/mol. The molecular formula is C23H27N5O3. The van der Waals surface area contributed by atoms with Crippen LogP contribution in [0.1, 0.15) is 48.0 Å². The Hall–Kier alpha value is -3.52. The molecule has 0 atom stereocenters. The Morgan fingerprint density at radius 2 is 1.87 bits per heavy atom. The first-order chi connectivity index (χ1) is 15.0. The van der Waals surface area contributed by atoms with Crippen LogP contribution in [0.4, 0.5) is 11.5 Å². The highest BCUT2D eigenvalue weighted by Gasteiger charge is 2.12. The van der Waals surface area contributed by atoms with E-state index in [1.807, 2.05) is 30.1 Å². The van der Waals surface area contributed by atoms with Crippen molar-refractivity contribution in [1.82, 2.24) is 15.4 Å². The van der Waals surface area contributed by atoms with Crippen LogP contribution in [-0.4, -0.2) is 34.0 Å². The maximum atomic E-state index is 11.5. The molecule has 0 radical (unpaired) electrons. The van der Waals surface area contributed by atoms with Gasteiger partial charge < -0.3 is 10.6 Å². The Morgan fingerprint density at radius 3 is 2.65 bits per heavy atom. The van der Waals surface area contributed by atoms with Crippen molar-refractivity contribution in [3.8, 4) is 0 Å². The minimum absolute atomic E-state index is 0.334. The number of fused-ring (bicyclic) bond motifs is 1. The summed E-state index contributed by atoms with van der Waals surface area (Å²) in [5.41, 5.74) is 10.4. The van der Waals surface area contributed by atoms with E-state index in [0.717, 1.165) is 49.0 Å². The molecule has 3 aromatic rings. The van der Waals surface area contributed by atoms with E-state index >= 15 is 0 Å². The molecule has 0 fully saturated rings. The van der Waals surface area contributed by atoms with Gasteiger partial charge in [0.25, 0.3) is 0 Å². The van der Waals surface area contributed by atoms with Gasteiger partial charge in [0.05, 0.1) is 5.52 Å². The van der Waals surface area contributed by atoms with Crippen molar-refractivity contribution in [2.24, 2.45) is 5.73 Å². The van der Waals surface area contributed by atoms with E-state index in [9.17, 15) is 9.59 Å². The maximum Gasteiger partial charge on any atom is 0.248 e. The Kier molecular flexibility index (Phi) is 7.50. The van der Waals surface area contributed by atoms with Crippen LogP contribution in [0.3, 0.4) is 0 Å². The third kappa shape index (κ3) is 5.76. The second-order valence-electron chi connectivity index (χ2n) is 7.47. The maximum absolute atomic E-state index is 11.5. The summed E-state index contributed by atoms with van der Waals surface area (Å²) in [4.78, 5) is 33.2. The van der Waals surface area contributed by atoms with Gasteiger partial charge in [-0.05, 0) is 55.2 Å². The first-order valence-corrected chi connectivity index (χ1v) is 10.3. The molecule has 2 amide bonds. The number of carbonyl (C=O) groups is 2. The lowest BCUT2D eigenvalue weighted by Gasteiger charge is -2.20. The van der Waals surface area contributed by atoms with Crippen molar-refractivity contribution < 1.29 is 14.8 Å². The van der Waals surface area contributed by atoms with E-state index in [1.165, 1.54) is 11.9 Å². The van der Waals surface area contributed by atoms with Crippen molar-refractivity contribution in [1.29, 1.82) is 0 Å². The zero-order chi connectivity index (χ0) is 22.2. The van der Waals surface area contributed by atoms with Crippen molar-refractivity contribution in [3.05, 3.63) is 59.9 Å². The summed E-state index contributed by atoms with van der Waals surface area (Å²) in [5.74, 6) is -0.0704. The molecule has 1 aromatic heterocycles. The quantitative estimate of drug-likeness (QED) is 0.262.